The van der Waals surface area contributed by atoms with Crippen molar-refractivity contribution in [2.45, 2.75) is 129 Å². The van der Waals surface area contributed by atoms with Gasteiger partial charge in [-0.2, -0.15) is 5.26 Å². The van der Waals surface area contributed by atoms with E-state index in [1.54, 1.807) is 14.2 Å². The average molecular weight is 1050 g/mol. The Morgan fingerprint density at radius 2 is 1.34 bits per heavy atom. The van der Waals surface area contributed by atoms with Crippen molar-refractivity contribution >= 4 is 38.4 Å². The fraction of sp³-hybridized carbons (Fsp3) is 0.547. The maximum Gasteiger partial charge on any atom is 0.407 e. The summed E-state index contributed by atoms with van der Waals surface area (Å²) in [6, 6.07) is 27.1. The normalized spacial score (nSPS) is 18.4. The number of rotatable bonds is 31. The number of esters is 3. The second-order valence-electron chi connectivity index (χ2n) is 17.9. The number of unbranched alkanes of at least 4 members (excludes halogenated alkanes) is 2. The Morgan fingerprint density at radius 1 is 0.757 bits per heavy atom. The van der Waals surface area contributed by atoms with E-state index in [0.717, 1.165) is 30.5 Å². The van der Waals surface area contributed by atoms with Crippen LogP contribution in [0.4, 0.5) is 4.79 Å². The first-order chi connectivity index (χ1) is 35.4. The van der Waals surface area contributed by atoms with Crippen molar-refractivity contribution in [1.29, 1.82) is 5.26 Å². The van der Waals surface area contributed by atoms with E-state index in [4.69, 9.17) is 57.4 Å². The Kier molecular flexibility index (Phi) is 25.5. The monoisotopic (exact) mass is 1050 g/mol. The summed E-state index contributed by atoms with van der Waals surface area (Å²) in [5.41, 5.74) is 6.74. The number of amides is 2. The Hall–Kier alpha value is -5.91. The molecule has 0 spiro atoms. The van der Waals surface area contributed by atoms with Gasteiger partial charge in [-0.1, -0.05) is 54.6 Å². The summed E-state index contributed by atoms with van der Waals surface area (Å²) in [6.07, 6.45) is -4.95. The van der Waals surface area contributed by atoms with Crippen LogP contribution in [-0.2, 0) is 67.0 Å². The molecule has 7 atom stereocenters. The maximum atomic E-state index is 13.4. The van der Waals surface area contributed by atoms with E-state index in [1.165, 1.54) is 6.92 Å². The summed E-state index contributed by atoms with van der Waals surface area (Å²) in [5, 5.41) is 12.2. The van der Waals surface area contributed by atoms with Gasteiger partial charge in [0, 0.05) is 52.4 Å². The van der Waals surface area contributed by atoms with Crippen LogP contribution in [0.15, 0.2) is 78.9 Å². The van der Waals surface area contributed by atoms with Gasteiger partial charge >= 0.3 is 24.0 Å². The lowest BCUT2D eigenvalue weighted by molar-refractivity contribution is -0.291. The molecule has 1 saturated heterocycles. The Balaban J connectivity index is 1.51. The van der Waals surface area contributed by atoms with E-state index in [-0.39, 0.29) is 64.5 Å². The molecule has 1 unspecified atom stereocenters. The minimum absolute atomic E-state index is 0.0187. The molecular formula is C53H73N4O16P. The molecule has 1 fully saturated rings. The zero-order valence-electron chi connectivity index (χ0n) is 43.9. The molecular weight excluding hydrogens is 980 g/mol. The van der Waals surface area contributed by atoms with Crippen molar-refractivity contribution in [3.05, 3.63) is 95.6 Å². The Bertz CT molecular complexity index is 2190. The molecule has 0 aromatic heterocycles. The van der Waals surface area contributed by atoms with Crippen LogP contribution < -0.4 is 20.5 Å². The number of hydrogen-bond acceptors (Lipinski definition) is 18. The number of carbonyl (C=O) groups is 5. The van der Waals surface area contributed by atoms with Gasteiger partial charge in [0.2, 0.25) is 5.91 Å². The largest absolute Gasteiger partial charge is 0.497 e. The third kappa shape index (κ3) is 18.5. The number of nitriles is 1. The number of hydrogen-bond donors (Lipinski definition) is 2. The number of methoxy groups -OCH3 is 2. The molecule has 3 N–H and O–H groups in total. The van der Waals surface area contributed by atoms with Crippen molar-refractivity contribution in [1.82, 2.24) is 9.99 Å². The number of carbonyl (C=O) groups excluding carboxylic acids is 5. The van der Waals surface area contributed by atoms with E-state index in [0.29, 0.717) is 30.8 Å². The number of alkyl carbamates (subject to hydrolysis) is 1. The first-order valence-corrected chi connectivity index (χ1v) is 25.7. The molecule has 1 heterocycles. The minimum atomic E-state index is -1.81. The molecule has 20 nitrogen and oxygen atoms in total. The van der Waals surface area contributed by atoms with Gasteiger partial charge in [-0.25, -0.2) is 9.46 Å². The molecule has 3 aromatic rings. The highest BCUT2D eigenvalue weighted by Crippen LogP contribution is 2.48. The molecule has 0 aliphatic carbocycles. The summed E-state index contributed by atoms with van der Waals surface area (Å²) < 4.78 is 67.6. The van der Waals surface area contributed by atoms with Crippen molar-refractivity contribution in [2.24, 2.45) is 11.7 Å². The molecule has 406 valence electrons. The van der Waals surface area contributed by atoms with Crippen LogP contribution in [-0.4, -0.2) is 131 Å². The highest BCUT2D eigenvalue weighted by Gasteiger charge is 2.51. The summed E-state index contributed by atoms with van der Waals surface area (Å²) in [6.45, 7) is 11.4. The van der Waals surface area contributed by atoms with E-state index in [1.807, 2.05) is 107 Å². The van der Waals surface area contributed by atoms with E-state index < -0.39 is 80.7 Å². The topological polar surface area (TPSA) is 252 Å². The lowest BCUT2D eigenvalue weighted by Gasteiger charge is -2.44. The van der Waals surface area contributed by atoms with Crippen molar-refractivity contribution in [3.8, 4) is 17.6 Å². The SMILES string of the molecule is COc1ccc(C(OC[C@H](COC(=O)NCCCCCO[C@@H]2O[C@H](COC(C)=O)[C@H](OC(C)=O)[C@H](OC(C)=O)[C@H]2CC(N)=O)OP(OCCC#N)N(C(C)C)C(C)C)(c2ccccc2)c2ccc(OC)cc2)cc1. The van der Waals surface area contributed by atoms with Crippen LogP contribution in [0.5, 0.6) is 11.5 Å². The first kappa shape index (κ1) is 60.6. The number of nitrogens with zero attached hydrogens (tertiary/aromatic N) is 2. The van der Waals surface area contributed by atoms with Crippen molar-refractivity contribution in [3.63, 3.8) is 0 Å². The van der Waals surface area contributed by atoms with Gasteiger partial charge in [0.15, 0.2) is 12.4 Å². The third-order valence-corrected chi connectivity index (χ3v) is 13.8. The minimum Gasteiger partial charge on any atom is -0.497 e. The predicted molar refractivity (Wildman–Crippen MR) is 271 cm³/mol. The number of primary amides is 1. The quantitative estimate of drug-likeness (QED) is 0.0212. The van der Waals surface area contributed by atoms with E-state index in [2.05, 4.69) is 16.1 Å². The van der Waals surface area contributed by atoms with Crippen LogP contribution in [0.2, 0.25) is 0 Å². The molecule has 1 aliphatic rings. The Morgan fingerprint density at radius 3 is 1.86 bits per heavy atom. The second kappa shape index (κ2) is 31.1. The smallest absolute Gasteiger partial charge is 0.407 e. The number of ether oxygens (including phenoxy) is 9. The summed E-state index contributed by atoms with van der Waals surface area (Å²) in [4.78, 5) is 61.7. The van der Waals surface area contributed by atoms with Gasteiger partial charge in [-0.3, -0.25) is 19.2 Å². The van der Waals surface area contributed by atoms with E-state index in [9.17, 15) is 29.2 Å². The third-order valence-electron chi connectivity index (χ3n) is 11.6. The molecule has 0 radical (unpaired) electrons. The number of benzene rings is 3. The van der Waals surface area contributed by atoms with Gasteiger partial charge in [0.05, 0.1) is 45.8 Å². The summed E-state index contributed by atoms with van der Waals surface area (Å²) in [5.74, 6) is -2.46. The van der Waals surface area contributed by atoms with Crippen LogP contribution in [0.1, 0.15) is 97.3 Å². The van der Waals surface area contributed by atoms with Gasteiger partial charge < -0.3 is 62.7 Å². The highest BCUT2D eigenvalue weighted by atomic mass is 31.2. The predicted octanol–water partition coefficient (Wildman–Crippen LogP) is 7.23. The standard InChI is InChI=1S/C53H73N4O16P/c1-35(2)57(36(3)4)74(69-30-16-27-54)73-45(33-68-53(40-17-12-10-13-18-40,41-19-23-43(63-8)24-20-41)42-21-25-44(64-9)26-22-42)32-67-52(62)56-28-14-11-15-29-65-51-46(31-48(55)61)49(70-38(6)59)50(71-39(7)60)47(72-51)34-66-37(5)58/h10,12-13,17-26,35-36,45-47,49-51H,11,14-16,28-34H2,1-9H3,(H2,55,61)(H,56,62)/t45-,46+,47+,49+,50-,51+,74?/m0/s1. The van der Waals surface area contributed by atoms with Crippen molar-refractivity contribution < 1.29 is 75.7 Å². The first-order valence-electron chi connectivity index (χ1n) is 24.6. The summed E-state index contributed by atoms with van der Waals surface area (Å²) in [7, 11) is 1.39. The number of nitrogens with two attached hydrogens (primary N) is 1. The molecule has 0 saturated carbocycles. The van der Waals surface area contributed by atoms with Crippen LogP contribution >= 0.6 is 8.53 Å². The molecule has 21 heteroatoms. The molecule has 1 aliphatic heterocycles. The number of nitrogens with one attached hydrogen (secondary N) is 1. The van der Waals surface area contributed by atoms with Gasteiger partial charge in [-0.05, 0) is 87.9 Å². The highest BCUT2D eigenvalue weighted by molar-refractivity contribution is 7.44. The molecule has 0 bridgehead atoms. The lowest BCUT2D eigenvalue weighted by atomic mass is 9.80. The fourth-order valence-corrected chi connectivity index (χ4v) is 10.1. The maximum absolute atomic E-state index is 13.4. The van der Waals surface area contributed by atoms with Gasteiger partial charge in [0.25, 0.3) is 8.53 Å². The van der Waals surface area contributed by atoms with Crippen LogP contribution in [0.25, 0.3) is 0 Å². The fourth-order valence-electron chi connectivity index (χ4n) is 8.42. The second-order valence-corrected chi connectivity index (χ2v) is 19.3. The molecule has 2 amide bonds. The Labute approximate surface area is 435 Å². The molecule has 4 rings (SSSR count). The average Bonchev–Trinajstić information content (AvgIpc) is 3.36. The van der Waals surface area contributed by atoms with Gasteiger partial charge in [0.1, 0.15) is 48.6 Å². The molecule has 3 aromatic carbocycles. The summed E-state index contributed by atoms with van der Waals surface area (Å²) >= 11 is 0. The van der Waals surface area contributed by atoms with E-state index >= 15 is 0 Å². The zero-order valence-corrected chi connectivity index (χ0v) is 44.7. The van der Waals surface area contributed by atoms with Crippen molar-refractivity contribution in [2.75, 3.05) is 53.8 Å². The van der Waals surface area contributed by atoms with Crippen LogP contribution in [0.3, 0.4) is 0 Å². The van der Waals surface area contributed by atoms with Gasteiger partial charge in [-0.15, -0.1) is 0 Å². The zero-order chi connectivity index (χ0) is 54.2. The molecule has 74 heavy (non-hydrogen) atoms. The van der Waals surface area contributed by atoms with Crippen LogP contribution in [0, 0.1) is 17.2 Å². The lowest BCUT2D eigenvalue weighted by Crippen LogP contribution is -2.59.